The standard InChI is InChI=1S/C16H18ClNO2/c1-2-19-14-8-3-4-9-15(14)20-16(11-18)12-6-5-7-13(17)10-12/h3-10,16H,2,11,18H2,1H3. The molecule has 2 rings (SSSR count). The topological polar surface area (TPSA) is 44.5 Å². The lowest BCUT2D eigenvalue weighted by Gasteiger charge is -2.20. The maximum Gasteiger partial charge on any atom is 0.162 e. The van der Waals surface area contributed by atoms with E-state index < -0.39 is 0 Å². The number of rotatable bonds is 6. The average Bonchev–Trinajstić information content (AvgIpc) is 2.46. The highest BCUT2D eigenvalue weighted by molar-refractivity contribution is 6.30. The minimum absolute atomic E-state index is 0.254. The van der Waals surface area contributed by atoms with E-state index in [4.69, 9.17) is 26.8 Å². The molecule has 0 saturated carbocycles. The molecule has 0 saturated heterocycles. The van der Waals surface area contributed by atoms with Gasteiger partial charge in [-0.15, -0.1) is 0 Å². The van der Waals surface area contributed by atoms with Gasteiger partial charge in [0.25, 0.3) is 0 Å². The predicted octanol–water partition coefficient (Wildman–Crippen LogP) is 3.82. The summed E-state index contributed by atoms with van der Waals surface area (Å²) in [5.41, 5.74) is 6.77. The first-order valence-electron chi connectivity index (χ1n) is 6.58. The largest absolute Gasteiger partial charge is 0.490 e. The van der Waals surface area contributed by atoms with E-state index in [0.717, 1.165) is 11.3 Å². The molecule has 2 aromatic rings. The maximum absolute atomic E-state index is 6.01. The van der Waals surface area contributed by atoms with Gasteiger partial charge in [-0.25, -0.2) is 0 Å². The Morgan fingerprint density at radius 1 is 1.10 bits per heavy atom. The van der Waals surface area contributed by atoms with Crippen molar-refractivity contribution in [2.45, 2.75) is 13.0 Å². The van der Waals surface area contributed by atoms with Crippen molar-refractivity contribution in [2.24, 2.45) is 5.73 Å². The van der Waals surface area contributed by atoms with Crippen LogP contribution in [0.25, 0.3) is 0 Å². The van der Waals surface area contributed by atoms with E-state index in [2.05, 4.69) is 0 Å². The Bertz CT molecular complexity index is 560. The van der Waals surface area contributed by atoms with Gasteiger partial charge >= 0.3 is 0 Å². The summed E-state index contributed by atoms with van der Waals surface area (Å²) in [6.45, 7) is 2.89. The molecular formula is C16H18ClNO2. The van der Waals surface area contributed by atoms with Crippen LogP contribution in [0.4, 0.5) is 0 Å². The fraction of sp³-hybridized carbons (Fsp3) is 0.250. The zero-order chi connectivity index (χ0) is 14.4. The molecule has 0 aliphatic carbocycles. The minimum atomic E-state index is -0.254. The summed E-state index contributed by atoms with van der Waals surface area (Å²) in [6, 6.07) is 15.1. The van der Waals surface area contributed by atoms with E-state index in [1.165, 1.54) is 0 Å². The molecule has 0 amide bonds. The van der Waals surface area contributed by atoms with Gasteiger partial charge in [0.05, 0.1) is 6.61 Å². The summed E-state index contributed by atoms with van der Waals surface area (Å²) in [6.07, 6.45) is -0.254. The lowest BCUT2D eigenvalue weighted by molar-refractivity contribution is 0.200. The van der Waals surface area contributed by atoms with E-state index in [9.17, 15) is 0 Å². The van der Waals surface area contributed by atoms with Crippen molar-refractivity contribution >= 4 is 11.6 Å². The number of benzene rings is 2. The van der Waals surface area contributed by atoms with Crippen LogP contribution in [0, 0.1) is 0 Å². The Morgan fingerprint density at radius 2 is 1.85 bits per heavy atom. The molecule has 3 nitrogen and oxygen atoms in total. The third-order valence-corrected chi connectivity index (χ3v) is 3.09. The van der Waals surface area contributed by atoms with Gasteiger partial charge in [0.1, 0.15) is 6.10 Å². The number of para-hydroxylation sites is 2. The zero-order valence-corrected chi connectivity index (χ0v) is 12.1. The Hall–Kier alpha value is -1.71. The van der Waals surface area contributed by atoms with E-state index in [1.807, 2.05) is 55.5 Å². The molecule has 0 bridgehead atoms. The molecule has 1 unspecified atom stereocenters. The molecule has 0 heterocycles. The van der Waals surface area contributed by atoms with Crippen LogP contribution in [0.5, 0.6) is 11.5 Å². The summed E-state index contributed by atoms with van der Waals surface area (Å²) in [7, 11) is 0. The van der Waals surface area contributed by atoms with Crippen molar-refractivity contribution in [1.82, 2.24) is 0 Å². The molecular weight excluding hydrogens is 274 g/mol. The second kappa shape index (κ2) is 7.17. The first-order chi connectivity index (χ1) is 9.74. The van der Waals surface area contributed by atoms with E-state index in [1.54, 1.807) is 0 Å². The summed E-state index contributed by atoms with van der Waals surface area (Å²) >= 11 is 6.01. The van der Waals surface area contributed by atoms with Gasteiger partial charge < -0.3 is 15.2 Å². The smallest absolute Gasteiger partial charge is 0.162 e. The van der Waals surface area contributed by atoms with Crippen LogP contribution >= 0.6 is 11.6 Å². The van der Waals surface area contributed by atoms with Gasteiger partial charge in [-0.3, -0.25) is 0 Å². The van der Waals surface area contributed by atoms with Crippen LogP contribution in [-0.4, -0.2) is 13.2 Å². The molecule has 2 aromatic carbocycles. The molecule has 0 fully saturated rings. The van der Waals surface area contributed by atoms with Gasteiger partial charge in [0.15, 0.2) is 11.5 Å². The van der Waals surface area contributed by atoms with Crippen LogP contribution in [0.15, 0.2) is 48.5 Å². The Morgan fingerprint density at radius 3 is 2.50 bits per heavy atom. The molecule has 0 spiro atoms. The number of hydrogen-bond donors (Lipinski definition) is 1. The summed E-state index contributed by atoms with van der Waals surface area (Å²) < 4.78 is 11.5. The Labute approximate surface area is 124 Å². The lowest BCUT2D eigenvalue weighted by atomic mass is 10.1. The molecule has 20 heavy (non-hydrogen) atoms. The lowest BCUT2D eigenvalue weighted by Crippen LogP contribution is -2.18. The second-order valence-corrected chi connectivity index (χ2v) is 4.71. The van der Waals surface area contributed by atoms with Crippen molar-refractivity contribution < 1.29 is 9.47 Å². The third-order valence-electron chi connectivity index (χ3n) is 2.85. The van der Waals surface area contributed by atoms with Crippen LogP contribution in [0.1, 0.15) is 18.6 Å². The quantitative estimate of drug-likeness (QED) is 0.880. The number of nitrogens with two attached hydrogens (primary N) is 1. The van der Waals surface area contributed by atoms with E-state index in [-0.39, 0.29) is 6.10 Å². The van der Waals surface area contributed by atoms with Crippen LogP contribution < -0.4 is 15.2 Å². The molecule has 106 valence electrons. The van der Waals surface area contributed by atoms with Crippen LogP contribution in [0.2, 0.25) is 5.02 Å². The highest BCUT2D eigenvalue weighted by atomic mass is 35.5. The number of halogens is 1. The Balaban J connectivity index is 2.22. The normalized spacial score (nSPS) is 11.9. The van der Waals surface area contributed by atoms with Crippen molar-refractivity contribution in [2.75, 3.05) is 13.2 Å². The summed E-state index contributed by atoms with van der Waals surface area (Å²) in [4.78, 5) is 0. The fourth-order valence-electron chi connectivity index (χ4n) is 1.93. The number of ether oxygens (including phenoxy) is 2. The first kappa shape index (κ1) is 14.7. The molecule has 0 aromatic heterocycles. The van der Waals surface area contributed by atoms with Crippen LogP contribution in [0.3, 0.4) is 0 Å². The first-order valence-corrected chi connectivity index (χ1v) is 6.96. The molecule has 1 atom stereocenters. The van der Waals surface area contributed by atoms with Gasteiger partial charge in [-0.05, 0) is 36.8 Å². The average molecular weight is 292 g/mol. The fourth-order valence-corrected chi connectivity index (χ4v) is 2.13. The van der Waals surface area contributed by atoms with Crippen molar-refractivity contribution in [1.29, 1.82) is 0 Å². The van der Waals surface area contributed by atoms with Crippen LogP contribution in [-0.2, 0) is 0 Å². The van der Waals surface area contributed by atoms with Gasteiger partial charge in [-0.2, -0.15) is 0 Å². The van der Waals surface area contributed by atoms with Crippen molar-refractivity contribution in [3.8, 4) is 11.5 Å². The Kier molecular flexibility index (Phi) is 5.27. The highest BCUT2D eigenvalue weighted by Crippen LogP contribution is 2.31. The SMILES string of the molecule is CCOc1ccccc1OC(CN)c1cccc(Cl)c1. The van der Waals surface area contributed by atoms with Crippen molar-refractivity contribution in [3.63, 3.8) is 0 Å². The maximum atomic E-state index is 6.01. The number of hydrogen-bond acceptors (Lipinski definition) is 3. The molecule has 0 radical (unpaired) electrons. The van der Waals surface area contributed by atoms with Crippen molar-refractivity contribution in [3.05, 3.63) is 59.1 Å². The zero-order valence-electron chi connectivity index (χ0n) is 11.4. The molecule has 0 aliphatic heterocycles. The third kappa shape index (κ3) is 3.65. The minimum Gasteiger partial charge on any atom is -0.490 e. The summed E-state index contributed by atoms with van der Waals surface area (Å²) in [5.74, 6) is 1.40. The second-order valence-electron chi connectivity index (χ2n) is 4.28. The van der Waals surface area contributed by atoms with Gasteiger partial charge in [0.2, 0.25) is 0 Å². The van der Waals surface area contributed by atoms with E-state index >= 15 is 0 Å². The highest BCUT2D eigenvalue weighted by Gasteiger charge is 2.14. The molecule has 0 aliphatic rings. The summed E-state index contributed by atoms with van der Waals surface area (Å²) in [5, 5.41) is 0.669. The van der Waals surface area contributed by atoms with Gasteiger partial charge in [0, 0.05) is 11.6 Å². The molecule has 2 N–H and O–H groups in total. The molecule has 4 heteroatoms. The van der Waals surface area contributed by atoms with Gasteiger partial charge in [-0.1, -0.05) is 35.9 Å². The predicted molar refractivity (Wildman–Crippen MR) is 81.5 cm³/mol. The van der Waals surface area contributed by atoms with E-state index in [0.29, 0.717) is 23.9 Å². The monoisotopic (exact) mass is 291 g/mol.